The quantitative estimate of drug-likeness (QED) is 0.485. The molecule has 1 saturated heterocycles. The second-order valence-corrected chi connectivity index (χ2v) is 5.94. The number of hydrogen-bond donors (Lipinski definition) is 2. The highest BCUT2D eigenvalue weighted by Crippen LogP contribution is 2.18. The lowest BCUT2D eigenvalue weighted by Crippen LogP contribution is -2.45. The van der Waals surface area contributed by atoms with E-state index in [-0.39, 0.29) is 12.2 Å². The van der Waals surface area contributed by atoms with Crippen LogP contribution in [0.5, 0.6) is 0 Å². The van der Waals surface area contributed by atoms with Crippen LogP contribution in [-0.4, -0.2) is 49.3 Å². The van der Waals surface area contributed by atoms with E-state index in [4.69, 9.17) is 11.2 Å². The Balaban J connectivity index is 1.97. The molecule has 1 aromatic rings. The van der Waals surface area contributed by atoms with Gasteiger partial charge in [-0.25, -0.2) is 9.98 Å². The van der Waals surface area contributed by atoms with Gasteiger partial charge in [-0.2, -0.15) is 0 Å². The highest BCUT2D eigenvalue weighted by Gasteiger charge is 2.22. The zero-order valence-electron chi connectivity index (χ0n) is 14.7. The lowest BCUT2D eigenvalue weighted by Gasteiger charge is -2.36. The first kappa shape index (κ1) is 18.1. The fourth-order valence-corrected chi connectivity index (χ4v) is 2.71. The molecule has 2 rings (SSSR count). The van der Waals surface area contributed by atoms with Crippen LogP contribution in [0.15, 0.2) is 23.3 Å². The summed E-state index contributed by atoms with van der Waals surface area (Å²) in [5.41, 5.74) is 1.06. The number of rotatable bonds is 5. The van der Waals surface area contributed by atoms with Crippen LogP contribution in [0.3, 0.4) is 0 Å². The number of aromatic nitrogens is 1. The fourth-order valence-electron chi connectivity index (χ4n) is 2.71. The summed E-state index contributed by atoms with van der Waals surface area (Å²) in [5.74, 6) is 4.25. The summed E-state index contributed by atoms with van der Waals surface area (Å²) in [5, 5.41) is 6.23. The number of anilines is 1. The summed E-state index contributed by atoms with van der Waals surface area (Å²) >= 11 is 0. The largest absolute Gasteiger partial charge is 0.372 e. The van der Waals surface area contributed by atoms with E-state index in [0.29, 0.717) is 13.1 Å². The van der Waals surface area contributed by atoms with Crippen molar-refractivity contribution in [1.29, 1.82) is 0 Å². The SMILES string of the molecule is C#CCNC(=NCc1ccc(N2CC(C)OC(C)C2)nc1)NCC. The van der Waals surface area contributed by atoms with E-state index in [0.717, 1.165) is 37.0 Å². The van der Waals surface area contributed by atoms with Crippen molar-refractivity contribution in [1.82, 2.24) is 15.6 Å². The van der Waals surface area contributed by atoms with Gasteiger partial charge >= 0.3 is 0 Å². The zero-order chi connectivity index (χ0) is 17.4. The number of nitrogens with one attached hydrogen (secondary N) is 2. The summed E-state index contributed by atoms with van der Waals surface area (Å²) in [6.07, 6.45) is 7.60. The van der Waals surface area contributed by atoms with Crippen molar-refractivity contribution in [2.24, 2.45) is 4.99 Å². The molecule has 1 aliphatic rings. The Hall–Kier alpha value is -2.26. The van der Waals surface area contributed by atoms with Gasteiger partial charge in [-0.3, -0.25) is 0 Å². The fraction of sp³-hybridized carbons (Fsp3) is 0.556. The first-order chi connectivity index (χ1) is 11.6. The number of nitrogens with zero attached hydrogens (tertiary/aromatic N) is 3. The molecule has 0 aromatic carbocycles. The molecule has 1 aliphatic heterocycles. The number of guanidine groups is 1. The van der Waals surface area contributed by atoms with Gasteiger partial charge in [0, 0.05) is 25.8 Å². The molecule has 6 nitrogen and oxygen atoms in total. The third kappa shape index (κ3) is 5.43. The second kappa shape index (κ2) is 9.14. The predicted octanol–water partition coefficient (Wildman–Crippen LogP) is 1.38. The van der Waals surface area contributed by atoms with Gasteiger partial charge in [0.15, 0.2) is 5.96 Å². The molecule has 0 saturated carbocycles. The molecule has 130 valence electrons. The van der Waals surface area contributed by atoms with Crippen LogP contribution >= 0.6 is 0 Å². The third-order valence-electron chi connectivity index (χ3n) is 3.67. The average molecular weight is 329 g/mol. The number of ether oxygens (including phenoxy) is 1. The van der Waals surface area contributed by atoms with E-state index in [1.807, 2.05) is 13.1 Å². The summed E-state index contributed by atoms with van der Waals surface area (Å²) < 4.78 is 5.77. The van der Waals surface area contributed by atoms with Crippen LogP contribution in [0.25, 0.3) is 0 Å². The molecule has 0 amide bonds. The zero-order valence-corrected chi connectivity index (χ0v) is 14.7. The topological polar surface area (TPSA) is 61.8 Å². The number of aliphatic imine (C=N–C) groups is 1. The van der Waals surface area contributed by atoms with Crippen LogP contribution < -0.4 is 15.5 Å². The smallest absolute Gasteiger partial charge is 0.192 e. The Bertz CT molecular complexity index is 568. The monoisotopic (exact) mass is 329 g/mol. The molecule has 0 aliphatic carbocycles. The van der Waals surface area contributed by atoms with Gasteiger partial charge in [-0.15, -0.1) is 6.42 Å². The minimum absolute atomic E-state index is 0.227. The van der Waals surface area contributed by atoms with E-state index < -0.39 is 0 Å². The van der Waals surface area contributed by atoms with Gasteiger partial charge in [0.05, 0.1) is 25.3 Å². The summed E-state index contributed by atoms with van der Waals surface area (Å²) in [4.78, 5) is 11.4. The summed E-state index contributed by atoms with van der Waals surface area (Å²) in [6, 6.07) is 4.12. The normalized spacial score (nSPS) is 21.2. The number of terminal acetylenes is 1. The van der Waals surface area contributed by atoms with Gasteiger partial charge in [0.2, 0.25) is 0 Å². The highest BCUT2D eigenvalue weighted by molar-refractivity contribution is 5.79. The van der Waals surface area contributed by atoms with Crippen molar-refractivity contribution >= 4 is 11.8 Å². The molecular weight excluding hydrogens is 302 g/mol. The number of morpholine rings is 1. The lowest BCUT2D eigenvalue weighted by molar-refractivity contribution is -0.00545. The second-order valence-electron chi connectivity index (χ2n) is 5.94. The minimum Gasteiger partial charge on any atom is -0.372 e. The maximum absolute atomic E-state index is 5.77. The average Bonchev–Trinajstić information content (AvgIpc) is 2.57. The molecule has 1 aromatic heterocycles. The van der Waals surface area contributed by atoms with Gasteiger partial charge in [-0.05, 0) is 32.4 Å². The Morgan fingerprint density at radius 1 is 1.38 bits per heavy atom. The lowest BCUT2D eigenvalue weighted by atomic mass is 10.2. The van der Waals surface area contributed by atoms with Crippen molar-refractivity contribution in [3.63, 3.8) is 0 Å². The molecule has 1 fully saturated rings. The van der Waals surface area contributed by atoms with Crippen LogP contribution in [0, 0.1) is 12.3 Å². The number of hydrogen-bond acceptors (Lipinski definition) is 4. The predicted molar refractivity (Wildman–Crippen MR) is 98.1 cm³/mol. The Morgan fingerprint density at radius 3 is 2.71 bits per heavy atom. The van der Waals surface area contributed by atoms with E-state index >= 15 is 0 Å². The van der Waals surface area contributed by atoms with E-state index in [9.17, 15) is 0 Å². The molecular formula is C18H27N5O. The van der Waals surface area contributed by atoms with Crippen molar-refractivity contribution < 1.29 is 4.74 Å². The Kier molecular flexibility index (Phi) is 6.89. The van der Waals surface area contributed by atoms with Crippen molar-refractivity contribution in [3.05, 3.63) is 23.9 Å². The van der Waals surface area contributed by atoms with Crippen LogP contribution in [0.2, 0.25) is 0 Å². The standard InChI is InChI=1S/C18H27N5O/c1-5-9-20-18(19-6-2)22-11-16-7-8-17(21-10-16)23-12-14(3)24-15(4)13-23/h1,7-8,10,14-15H,6,9,11-13H2,2-4H3,(H2,19,20,22). The first-order valence-electron chi connectivity index (χ1n) is 8.43. The molecule has 0 radical (unpaired) electrons. The van der Waals surface area contributed by atoms with Gasteiger partial charge < -0.3 is 20.3 Å². The van der Waals surface area contributed by atoms with Crippen LogP contribution in [-0.2, 0) is 11.3 Å². The Labute approximate surface area is 144 Å². The van der Waals surface area contributed by atoms with Crippen molar-refractivity contribution in [2.45, 2.75) is 39.5 Å². The Morgan fingerprint density at radius 2 is 2.12 bits per heavy atom. The minimum atomic E-state index is 0.227. The molecule has 2 N–H and O–H groups in total. The van der Waals surface area contributed by atoms with Gasteiger partial charge in [0.25, 0.3) is 0 Å². The van der Waals surface area contributed by atoms with Crippen molar-refractivity contribution in [3.8, 4) is 12.3 Å². The third-order valence-corrected chi connectivity index (χ3v) is 3.67. The summed E-state index contributed by atoms with van der Waals surface area (Å²) in [6.45, 7) is 9.76. The first-order valence-corrected chi connectivity index (χ1v) is 8.43. The number of pyridine rings is 1. The molecule has 6 heteroatoms. The molecule has 2 atom stereocenters. The molecule has 2 unspecified atom stereocenters. The van der Waals surface area contributed by atoms with Gasteiger partial charge in [-0.1, -0.05) is 12.0 Å². The maximum Gasteiger partial charge on any atom is 0.192 e. The molecule has 2 heterocycles. The van der Waals surface area contributed by atoms with E-state index in [2.05, 4.69) is 57.4 Å². The molecule has 0 bridgehead atoms. The molecule has 0 spiro atoms. The van der Waals surface area contributed by atoms with E-state index in [1.165, 1.54) is 0 Å². The maximum atomic E-state index is 5.77. The van der Waals surface area contributed by atoms with Crippen molar-refractivity contribution in [2.75, 3.05) is 31.1 Å². The van der Waals surface area contributed by atoms with Crippen LogP contribution in [0.1, 0.15) is 26.3 Å². The van der Waals surface area contributed by atoms with Gasteiger partial charge in [0.1, 0.15) is 5.82 Å². The molecule has 24 heavy (non-hydrogen) atoms. The van der Waals surface area contributed by atoms with E-state index in [1.54, 1.807) is 0 Å². The van der Waals surface area contributed by atoms with Crippen LogP contribution in [0.4, 0.5) is 5.82 Å². The highest BCUT2D eigenvalue weighted by atomic mass is 16.5. The summed E-state index contributed by atoms with van der Waals surface area (Å²) in [7, 11) is 0.